The Labute approximate surface area is 167 Å². The Hall–Kier alpha value is -3.62. The van der Waals surface area contributed by atoms with E-state index >= 15 is 0 Å². The molecule has 154 valence electrons. The van der Waals surface area contributed by atoms with Crippen molar-refractivity contribution in [1.82, 2.24) is 10.6 Å². The highest BCUT2D eigenvalue weighted by molar-refractivity contribution is 5.76. The third kappa shape index (κ3) is 6.49. The molecule has 2 aromatic carbocycles. The molecule has 9 heteroatoms. The van der Waals surface area contributed by atoms with E-state index in [1.165, 1.54) is 20.0 Å². The molecule has 0 heterocycles. The number of benzene rings is 2. The summed E-state index contributed by atoms with van der Waals surface area (Å²) in [6, 6.07) is 11.1. The summed E-state index contributed by atoms with van der Waals surface area (Å²) in [5.41, 5.74) is 1.66. The van der Waals surface area contributed by atoms with E-state index in [4.69, 9.17) is 4.74 Å². The molecule has 0 aliphatic carbocycles. The van der Waals surface area contributed by atoms with Crippen LogP contribution in [0.2, 0.25) is 0 Å². The van der Waals surface area contributed by atoms with Gasteiger partial charge in [-0.15, -0.1) is 0 Å². The summed E-state index contributed by atoms with van der Waals surface area (Å²) in [7, 11) is 1.40. The van der Waals surface area contributed by atoms with Crippen LogP contribution >= 0.6 is 0 Å². The van der Waals surface area contributed by atoms with E-state index in [0.717, 1.165) is 5.56 Å². The zero-order valence-electron chi connectivity index (χ0n) is 16.2. The van der Waals surface area contributed by atoms with Gasteiger partial charge in [-0.1, -0.05) is 18.2 Å². The number of carbonyl (C=O) groups excluding carboxylic acids is 2. The van der Waals surface area contributed by atoms with Gasteiger partial charge in [-0.25, -0.2) is 4.79 Å². The van der Waals surface area contributed by atoms with E-state index in [-0.39, 0.29) is 35.9 Å². The maximum absolute atomic E-state index is 12.1. The van der Waals surface area contributed by atoms with Gasteiger partial charge in [0.05, 0.1) is 10.5 Å². The van der Waals surface area contributed by atoms with E-state index in [1.807, 2.05) is 0 Å². The fourth-order valence-electron chi connectivity index (χ4n) is 2.70. The number of alkyl carbamates (subject to hydrolysis) is 1. The van der Waals surface area contributed by atoms with Crippen LogP contribution in [0.5, 0.6) is 5.75 Å². The molecule has 1 atom stereocenters. The van der Waals surface area contributed by atoms with Crippen LogP contribution in [0, 0.1) is 10.1 Å². The molecule has 0 spiro atoms. The quantitative estimate of drug-likeness (QED) is 0.460. The highest BCUT2D eigenvalue weighted by Gasteiger charge is 2.22. The van der Waals surface area contributed by atoms with E-state index in [1.54, 1.807) is 36.4 Å². The number of hydrogen-bond donors (Lipinski definition) is 3. The third-order valence-electron chi connectivity index (χ3n) is 4.28. The highest BCUT2D eigenvalue weighted by atomic mass is 16.6. The number of nitro benzene ring substituents is 1. The number of nitro groups is 1. The molecule has 0 aliphatic heterocycles. The molecular weight excluding hydrogens is 378 g/mol. The largest absolute Gasteiger partial charge is 0.508 e. The summed E-state index contributed by atoms with van der Waals surface area (Å²) in [4.78, 5) is 34.2. The van der Waals surface area contributed by atoms with Crippen molar-refractivity contribution in [3.05, 3.63) is 69.3 Å². The summed E-state index contributed by atoms with van der Waals surface area (Å²) in [5.74, 6) is -0.00515. The number of hydrogen-bond acceptors (Lipinski definition) is 6. The van der Waals surface area contributed by atoms with Gasteiger partial charge < -0.3 is 20.5 Å². The first-order valence-electron chi connectivity index (χ1n) is 9.00. The molecule has 2 rings (SSSR count). The Morgan fingerprint density at radius 1 is 1.17 bits per heavy atom. The number of nitrogens with one attached hydrogen (secondary N) is 2. The van der Waals surface area contributed by atoms with Gasteiger partial charge in [-0.2, -0.15) is 0 Å². The number of amides is 2. The number of phenols is 1. The molecule has 0 fully saturated rings. The highest BCUT2D eigenvalue weighted by Crippen LogP contribution is 2.28. The third-order valence-corrected chi connectivity index (χ3v) is 4.28. The molecule has 2 amide bonds. The molecule has 0 saturated heterocycles. The smallest absolute Gasteiger partial charge is 0.407 e. The standard InChI is InChI=1S/C20H23N3O6/c1-13(29-20(26)21-2)17-11-15(5-9-18(17)23(27)28)12-22-19(25)10-6-14-3-7-16(24)8-4-14/h3-5,7-9,11,13,24H,6,10,12H2,1-2H3,(H,21,26)(H,22,25). The Kier molecular flexibility index (Phi) is 7.53. The number of rotatable bonds is 8. The molecule has 29 heavy (non-hydrogen) atoms. The summed E-state index contributed by atoms with van der Waals surface area (Å²) >= 11 is 0. The Bertz CT molecular complexity index is 882. The minimum absolute atomic E-state index is 0.163. The van der Waals surface area contributed by atoms with Crippen LogP contribution in [-0.4, -0.2) is 29.1 Å². The van der Waals surface area contributed by atoms with Gasteiger partial charge in [0.15, 0.2) is 0 Å². The number of nitrogens with zero attached hydrogens (tertiary/aromatic N) is 1. The van der Waals surface area contributed by atoms with Gasteiger partial charge in [0.1, 0.15) is 11.9 Å². The molecule has 2 aromatic rings. The predicted molar refractivity (Wildman–Crippen MR) is 105 cm³/mol. The maximum atomic E-state index is 12.1. The van der Waals surface area contributed by atoms with E-state index in [0.29, 0.717) is 12.0 Å². The van der Waals surface area contributed by atoms with E-state index in [9.17, 15) is 24.8 Å². The van der Waals surface area contributed by atoms with Crippen LogP contribution in [0.15, 0.2) is 42.5 Å². The normalized spacial score (nSPS) is 11.4. The monoisotopic (exact) mass is 401 g/mol. The van der Waals surface area contributed by atoms with Crippen molar-refractivity contribution in [2.45, 2.75) is 32.4 Å². The van der Waals surface area contributed by atoms with Crippen LogP contribution in [0.3, 0.4) is 0 Å². The Morgan fingerprint density at radius 3 is 2.45 bits per heavy atom. The van der Waals surface area contributed by atoms with Crippen molar-refractivity contribution in [3.63, 3.8) is 0 Å². The number of aromatic hydroxyl groups is 1. The van der Waals surface area contributed by atoms with Crippen molar-refractivity contribution < 1.29 is 24.4 Å². The molecule has 0 bridgehead atoms. The van der Waals surface area contributed by atoms with Crippen LogP contribution in [-0.2, 0) is 22.5 Å². The molecule has 0 saturated carbocycles. The lowest BCUT2D eigenvalue weighted by Crippen LogP contribution is -2.23. The number of phenolic OH excluding ortho intramolecular Hbond substituents is 1. The number of aryl methyl sites for hydroxylation is 1. The van der Waals surface area contributed by atoms with Crippen molar-refractivity contribution in [2.24, 2.45) is 0 Å². The fourth-order valence-corrected chi connectivity index (χ4v) is 2.70. The second kappa shape index (κ2) is 10.1. The Morgan fingerprint density at radius 2 is 1.83 bits per heavy atom. The first-order valence-corrected chi connectivity index (χ1v) is 9.00. The van der Waals surface area contributed by atoms with Crippen molar-refractivity contribution in [1.29, 1.82) is 0 Å². The first kappa shape index (κ1) is 21.7. The average Bonchev–Trinajstić information content (AvgIpc) is 2.71. The molecule has 1 unspecified atom stereocenters. The van der Waals surface area contributed by atoms with Gasteiger partial charge >= 0.3 is 6.09 Å². The molecule has 0 aromatic heterocycles. The molecular formula is C20H23N3O6. The second-order valence-corrected chi connectivity index (χ2v) is 6.39. The average molecular weight is 401 g/mol. The van der Waals surface area contributed by atoms with Gasteiger partial charge in [-0.3, -0.25) is 14.9 Å². The molecule has 9 nitrogen and oxygen atoms in total. The first-order chi connectivity index (χ1) is 13.8. The lowest BCUT2D eigenvalue weighted by molar-refractivity contribution is -0.386. The van der Waals surface area contributed by atoms with Crippen LogP contribution in [0.4, 0.5) is 10.5 Å². The number of ether oxygens (including phenoxy) is 1. The van der Waals surface area contributed by atoms with Crippen molar-refractivity contribution >= 4 is 17.7 Å². The lowest BCUT2D eigenvalue weighted by atomic mass is 10.0. The van der Waals surface area contributed by atoms with Crippen LogP contribution in [0.25, 0.3) is 0 Å². The SMILES string of the molecule is CNC(=O)OC(C)c1cc(CNC(=O)CCc2ccc(O)cc2)ccc1[N+](=O)[O-]. The summed E-state index contributed by atoms with van der Waals surface area (Å²) in [5, 5.41) is 25.6. The molecule has 3 N–H and O–H groups in total. The lowest BCUT2D eigenvalue weighted by Gasteiger charge is -2.15. The maximum Gasteiger partial charge on any atom is 0.407 e. The van der Waals surface area contributed by atoms with Crippen LogP contribution < -0.4 is 10.6 Å². The minimum atomic E-state index is -0.833. The topological polar surface area (TPSA) is 131 Å². The van der Waals surface area contributed by atoms with Crippen LogP contribution in [0.1, 0.15) is 36.1 Å². The number of carbonyl (C=O) groups is 2. The minimum Gasteiger partial charge on any atom is -0.508 e. The van der Waals surface area contributed by atoms with Gasteiger partial charge in [0, 0.05) is 26.1 Å². The zero-order valence-corrected chi connectivity index (χ0v) is 16.2. The summed E-state index contributed by atoms with van der Waals surface area (Å²) in [6.45, 7) is 1.73. The van der Waals surface area contributed by atoms with Gasteiger partial charge in [0.25, 0.3) is 5.69 Å². The molecule has 0 aliphatic rings. The zero-order chi connectivity index (χ0) is 21.4. The fraction of sp³-hybridized carbons (Fsp3) is 0.300. The van der Waals surface area contributed by atoms with Gasteiger partial charge in [-0.05, 0) is 42.7 Å². The van der Waals surface area contributed by atoms with Crippen molar-refractivity contribution in [3.8, 4) is 5.75 Å². The summed E-state index contributed by atoms with van der Waals surface area (Å²) < 4.78 is 5.09. The Balaban J connectivity index is 1.99. The van der Waals surface area contributed by atoms with E-state index < -0.39 is 17.1 Å². The second-order valence-electron chi connectivity index (χ2n) is 6.39. The molecule has 0 radical (unpaired) electrons. The van der Waals surface area contributed by atoms with Crippen molar-refractivity contribution in [2.75, 3.05) is 7.05 Å². The predicted octanol–water partition coefficient (Wildman–Crippen LogP) is 2.97. The van der Waals surface area contributed by atoms with Gasteiger partial charge in [0.2, 0.25) is 5.91 Å². The summed E-state index contributed by atoms with van der Waals surface area (Å²) in [6.07, 6.45) is -0.740. The van der Waals surface area contributed by atoms with E-state index in [2.05, 4.69) is 10.6 Å².